The van der Waals surface area contributed by atoms with Gasteiger partial charge in [0.15, 0.2) is 5.82 Å². The van der Waals surface area contributed by atoms with Crippen LogP contribution in [0.25, 0.3) is 5.69 Å². The molecule has 1 aromatic carbocycles. The van der Waals surface area contributed by atoms with Crippen LogP contribution < -0.4 is 0 Å². The van der Waals surface area contributed by atoms with E-state index in [4.69, 9.17) is 0 Å². The normalized spacial score (nSPS) is 18.0. The fourth-order valence-electron chi connectivity index (χ4n) is 3.37. The molecule has 1 aliphatic rings. The van der Waals surface area contributed by atoms with E-state index < -0.39 is 0 Å². The number of thiophene rings is 1. The van der Waals surface area contributed by atoms with Crippen molar-refractivity contribution in [2.24, 2.45) is 0 Å². The van der Waals surface area contributed by atoms with Crippen LogP contribution >= 0.6 is 11.3 Å². The number of hydrogen-bond acceptors (Lipinski definition) is 5. The van der Waals surface area contributed by atoms with Gasteiger partial charge >= 0.3 is 0 Å². The Hall–Kier alpha value is -2.05. The molecule has 3 aromatic rings. The van der Waals surface area contributed by atoms with E-state index in [0.717, 1.165) is 37.4 Å². The van der Waals surface area contributed by atoms with Gasteiger partial charge in [0, 0.05) is 17.5 Å². The Morgan fingerprint density at radius 1 is 1.22 bits per heavy atom. The van der Waals surface area contributed by atoms with Crippen LogP contribution in [0, 0.1) is 0 Å². The zero-order chi connectivity index (χ0) is 15.6. The summed E-state index contributed by atoms with van der Waals surface area (Å²) in [6.45, 7) is 4.09. The molecule has 118 valence electrons. The van der Waals surface area contributed by atoms with E-state index >= 15 is 0 Å². The molecule has 1 atom stereocenters. The molecule has 0 fully saturated rings. The minimum Gasteiger partial charge on any atom is -0.288 e. The van der Waals surface area contributed by atoms with Crippen LogP contribution in [0.3, 0.4) is 0 Å². The van der Waals surface area contributed by atoms with Gasteiger partial charge in [0.05, 0.1) is 12.2 Å². The zero-order valence-electron chi connectivity index (χ0n) is 13.1. The number of para-hydroxylation sites is 1. The first-order valence-electron chi connectivity index (χ1n) is 8.00. The van der Waals surface area contributed by atoms with Crippen molar-refractivity contribution in [3.05, 3.63) is 58.0 Å². The maximum atomic E-state index is 4.26. The zero-order valence-corrected chi connectivity index (χ0v) is 13.9. The molecule has 0 N–H and O–H groups in total. The van der Waals surface area contributed by atoms with Gasteiger partial charge in [-0.1, -0.05) is 25.1 Å². The van der Waals surface area contributed by atoms with Crippen molar-refractivity contribution in [3.8, 4) is 5.69 Å². The molecule has 0 radical (unpaired) electrons. The van der Waals surface area contributed by atoms with Crippen molar-refractivity contribution in [1.82, 2.24) is 25.1 Å². The topological polar surface area (TPSA) is 46.8 Å². The first-order valence-corrected chi connectivity index (χ1v) is 8.87. The third-order valence-electron chi connectivity index (χ3n) is 4.47. The van der Waals surface area contributed by atoms with Gasteiger partial charge in [0.2, 0.25) is 0 Å². The Labute approximate surface area is 139 Å². The predicted molar refractivity (Wildman–Crippen MR) is 90.6 cm³/mol. The van der Waals surface area contributed by atoms with E-state index in [1.54, 1.807) is 0 Å². The monoisotopic (exact) mass is 325 g/mol. The summed E-state index contributed by atoms with van der Waals surface area (Å²) in [7, 11) is 0. The van der Waals surface area contributed by atoms with E-state index in [2.05, 4.69) is 38.8 Å². The van der Waals surface area contributed by atoms with Crippen LogP contribution in [0.2, 0.25) is 0 Å². The number of benzene rings is 1. The lowest BCUT2D eigenvalue weighted by Crippen LogP contribution is -2.34. The second-order valence-corrected chi connectivity index (χ2v) is 6.79. The average Bonchev–Trinajstić information content (AvgIpc) is 3.24. The molecule has 0 saturated heterocycles. The maximum absolute atomic E-state index is 4.26. The first-order chi connectivity index (χ1) is 11.4. The Morgan fingerprint density at radius 2 is 2.09 bits per heavy atom. The van der Waals surface area contributed by atoms with E-state index in [1.807, 2.05) is 46.4 Å². The fraction of sp³-hybridized carbons (Fsp3) is 0.353. The van der Waals surface area contributed by atoms with Crippen molar-refractivity contribution < 1.29 is 0 Å². The Morgan fingerprint density at radius 3 is 2.91 bits per heavy atom. The van der Waals surface area contributed by atoms with Crippen molar-refractivity contribution in [2.75, 3.05) is 6.54 Å². The molecule has 6 heteroatoms. The van der Waals surface area contributed by atoms with E-state index in [-0.39, 0.29) is 0 Å². The quantitative estimate of drug-likeness (QED) is 0.739. The summed E-state index contributed by atoms with van der Waals surface area (Å²) < 4.78 is 1.84. The van der Waals surface area contributed by atoms with Crippen molar-refractivity contribution in [2.45, 2.75) is 32.4 Å². The number of fused-ring (bicyclic) bond motifs is 1. The lowest BCUT2D eigenvalue weighted by Gasteiger charge is -2.34. The molecule has 1 unspecified atom stereocenters. The number of hydrogen-bond donors (Lipinski definition) is 0. The maximum Gasteiger partial charge on any atom is 0.170 e. The van der Waals surface area contributed by atoms with E-state index in [0.29, 0.717) is 6.04 Å². The fourth-order valence-corrected chi connectivity index (χ4v) is 4.30. The van der Waals surface area contributed by atoms with Crippen LogP contribution in [0.4, 0.5) is 0 Å². The molecule has 5 nitrogen and oxygen atoms in total. The largest absolute Gasteiger partial charge is 0.288 e. The number of rotatable bonds is 4. The highest BCUT2D eigenvalue weighted by Crippen LogP contribution is 2.35. The third-order valence-corrected chi connectivity index (χ3v) is 5.47. The van der Waals surface area contributed by atoms with Crippen LogP contribution in [-0.4, -0.2) is 31.7 Å². The molecule has 0 saturated carbocycles. The molecule has 4 rings (SSSR count). The van der Waals surface area contributed by atoms with Gasteiger partial charge in [-0.2, -0.15) is 4.68 Å². The number of tetrazole rings is 1. The lowest BCUT2D eigenvalue weighted by molar-refractivity contribution is 0.167. The summed E-state index contributed by atoms with van der Waals surface area (Å²) in [6, 6.07) is 12.8. The van der Waals surface area contributed by atoms with Gasteiger partial charge in [-0.15, -0.1) is 16.4 Å². The molecule has 2 aromatic heterocycles. The Bertz CT molecular complexity index is 779. The summed E-state index contributed by atoms with van der Waals surface area (Å²) >= 11 is 1.88. The SMILES string of the molecule is CCC1c2ccsc2CCN1Cc1nnnn1-c1ccccc1. The first kappa shape index (κ1) is 14.5. The van der Waals surface area contributed by atoms with Gasteiger partial charge in [-0.3, -0.25) is 4.90 Å². The minimum atomic E-state index is 0.464. The summed E-state index contributed by atoms with van der Waals surface area (Å²) in [5.41, 5.74) is 2.50. The number of nitrogens with zero attached hydrogens (tertiary/aromatic N) is 5. The minimum absolute atomic E-state index is 0.464. The molecule has 0 spiro atoms. The second-order valence-electron chi connectivity index (χ2n) is 5.79. The van der Waals surface area contributed by atoms with E-state index in [9.17, 15) is 0 Å². The highest BCUT2D eigenvalue weighted by atomic mass is 32.1. The van der Waals surface area contributed by atoms with Crippen LogP contribution in [0.1, 0.15) is 35.7 Å². The molecule has 1 aliphatic heterocycles. The molecular formula is C17H19N5S. The average molecular weight is 325 g/mol. The summed E-state index contributed by atoms with van der Waals surface area (Å²) in [5, 5.41) is 14.5. The molecule has 3 heterocycles. The Balaban J connectivity index is 1.61. The van der Waals surface area contributed by atoms with Crippen molar-refractivity contribution in [1.29, 1.82) is 0 Å². The molecular weight excluding hydrogens is 306 g/mol. The lowest BCUT2D eigenvalue weighted by atomic mass is 9.98. The highest BCUT2D eigenvalue weighted by molar-refractivity contribution is 7.10. The van der Waals surface area contributed by atoms with Crippen LogP contribution in [-0.2, 0) is 13.0 Å². The van der Waals surface area contributed by atoms with Gasteiger partial charge < -0.3 is 0 Å². The molecule has 0 amide bonds. The molecule has 0 bridgehead atoms. The predicted octanol–water partition coefficient (Wildman–Crippen LogP) is 3.23. The van der Waals surface area contributed by atoms with Crippen molar-refractivity contribution >= 4 is 11.3 Å². The van der Waals surface area contributed by atoms with E-state index in [1.165, 1.54) is 10.4 Å². The van der Waals surface area contributed by atoms with Gasteiger partial charge in [-0.05, 0) is 52.4 Å². The standard InChI is InChI=1S/C17H19N5S/c1-2-15-14-9-11-23-16(14)8-10-21(15)12-17-18-19-20-22(17)13-6-4-3-5-7-13/h3-7,9,11,15H,2,8,10,12H2,1H3. The summed E-state index contributed by atoms with van der Waals surface area (Å²) in [4.78, 5) is 4.04. The molecule has 0 aliphatic carbocycles. The molecule has 23 heavy (non-hydrogen) atoms. The van der Waals surface area contributed by atoms with Crippen LogP contribution in [0.15, 0.2) is 41.8 Å². The van der Waals surface area contributed by atoms with Crippen molar-refractivity contribution in [3.63, 3.8) is 0 Å². The van der Waals surface area contributed by atoms with Crippen LogP contribution in [0.5, 0.6) is 0 Å². The second kappa shape index (κ2) is 6.22. The summed E-state index contributed by atoms with van der Waals surface area (Å²) in [5.74, 6) is 0.897. The highest BCUT2D eigenvalue weighted by Gasteiger charge is 2.28. The summed E-state index contributed by atoms with van der Waals surface area (Å²) in [6.07, 6.45) is 2.23. The smallest absolute Gasteiger partial charge is 0.170 e. The van der Waals surface area contributed by atoms with Gasteiger partial charge in [0.25, 0.3) is 0 Å². The van der Waals surface area contributed by atoms with Gasteiger partial charge in [0.1, 0.15) is 0 Å². The third kappa shape index (κ3) is 2.68. The van der Waals surface area contributed by atoms with Gasteiger partial charge in [-0.25, -0.2) is 0 Å². The Kier molecular flexibility index (Phi) is 3.93. The number of aromatic nitrogens is 4.